The molecule has 312 valence electrons. The van der Waals surface area contributed by atoms with Crippen LogP contribution in [0.15, 0.2) is 0 Å². The van der Waals surface area contributed by atoms with Gasteiger partial charge in [-0.2, -0.15) is 0 Å². The molecule has 2 aliphatic heterocycles. The van der Waals surface area contributed by atoms with E-state index in [1.54, 1.807) is 0 Å². The van der Waals surface area contributed by atoms with Crippen LogP contribution in [0.3, 0.4) is 0 Å². The lowest BCUT2D eigenvalue weighted by molar-refractivity contribution is -0.322. The van der Waals surface area contributed by atoms with E-state index in [0.29, 0.717) is 0 Å². The zero-order chi connectivity index (χ0) is 41.6. The van der Waals surface area contributed by atoms with Gasteiger partial charge in [-0.15, -0.1) is 0 Å². The van der Waals surface area contributed by atoms with E-state index in [0.717, 1.165) is 55.4 Å². The Bertz CT molecular complexity index is 1290. The molecule has 0 bridgehead atoms. The molecule has 2 aliphatic rings. The van der Waals surface area contributed by atoms with Crippen molar-refractivity contribution in [3.63, 3.8) is 0 Å². The Morgan fingerprint density at radius 3 is 0.964 bits per heavy atom. The molecule has 22 heteroatoms. The van der Waals surface area contributed by atoms with E-state index in [4.69, 9.17) is 68.3 Å². The van der Waals surface area contributed by atoms with Crippen molar-refractivity contribution in [1.82, 2.24) is 0 Å². The predicted molar refractivity (Wildman–Crippen MR) is 176 cm³/mol. The van der Waals surface area contributed by atoms with E-state index in [1.165, 1.54) is 0 Å². The fourth-order valence-corrected chi connectivity index (χ4v) is 5.52. The standard InChI is InChI=1S/C33H50N2O20/c1-15(36)44-9-23-25(48-17(3)38)27(50-19(5)40)29(52-21(7)42)31(54-23)46-13-33(11-34,12-35)14-47-32-30(53-22(8)43)28(51-20(6)41)26(49-18(4)39)24(55-32)10-45-16(2)37/h23-32H,9-14,34-35H2,1-8H3/t23-,24-,25-,26-,27+,28+,29-,30-,31-,32-/m1/s1. The molecule has 0 radical (unpaired) electrons. The number of esters is 8. The van der Waals surface area contributed by atoms with Crippen LogP contribution in [-0.4, -0.2) is 149 Å². The molecule has 0 amide bonds. The lowest BCUT2D eigenvalue weighted by Gasteiger charge is -2.46. The summed E-state index contributed by atoms with van der Waals surface area (Å²) in [6, 6.07) is 0. The monoisotopic (exact) mass is 794 g/mol. The van der Waals surface area contributed by atoms with Gasteiger partial charge in [0.1, 0.15) is 25.4 Å². The molecule has 0 aromatic carbocycles. The first-order valence-electron chi connectivity index (χ1n) is 17.0. The lowest BCUT2D eigenvalue weighted by Crippen LogP contribution is -2.64. The number of hydrogen-bond acceptors (Lipinski definition) is 22. The zero-order valence-corrected chi connectivity index (χ0v) is 31.8. The van der Waals surface area contributed by atoms with Crippen LogP contribution in [-0.2, 0) is 95.2 Å². The van der Waals surface area contributed by atoms with E-state index in [-0.39, 0.29) is 13.1 Å². The van der Waals surface area contributed by atoms with Crippen molar-refractivity contribution in [1.29, 1.82) is 0 Å². The van der Waals surface area contributed by atoms with Gasteiger partial charge in [0.05, 0.1) is 13.2 Å². The number of carbonyl (C=O) groups excluding carboxylic acids is 8. The van der Waals surface area contributed by atoms with Crippen LogP contribution in [0, 0.1) is 5.41 Å². The number of hydrogen-bond donors (Lipinski definition) is 2. The van der Waals surface area contributed by atoms with Crippen LogP contribution in [0.4, 0.5) is 0 Å². The molecule has 0 spiro atoms. The fourth-order valence-electron chi connectivity index (χ4n) is 5.52. The van der Waals surface area contributed by atoms with Gasteiger partial charge in [-0.25, -0.2) is 0 Å². The van der Waals surface area contributed by atoms with Gasteiger partial charge in [0, 0.05) is 73.9 Å². The molecule has 2 heterocycles. The summed E-state index contributed by atoms with van der Waals surface area (Å²) in [4.78, 5) is 96.4. The number of carbonyl (C=O) groups is 8. The Hall–Kier alpha value is -4.48. The molecule has 55 heavy (non-hydrogen) atoms. The highest BCUT2D eigenvalue weighted by atomic mass is 16.8. The molecule has 2 saturated heterocycles. The predicted octanol–water partition coefficient (Wildman–Crippen LogP) is -1.91. The normalized spacial score (nSPS) is 27.7. The van der Waals surface area contributed by atoms with Gasteiger partial charge in [0.15, 0.2) is 49.2 Å². The van der Waals surface area contributed by atoms with Crippen molar-refractivity contribution in [2.45, 2.75) is 117 Å². The Balaban J connectivity index is 2.50. The number of ether oxygens (including phenoxy) is 12. The summed E-state index contributed by atoms with van der Waals surface area (Å²) in [5, 5.41) is 0. The second kappa shape index (κ2) is 21.6. The van der Waals surface area contributed by atoms with E-state index in [1.807, 2.05) is 0 Å². The minimum absolute atomic E-state index is 0.264. The third-order valence-corrected chi connectivity index (χ3v) is 7.87. The topological polar surface area (TPSA) is 299 Å². The number of rotatable bonds is 18. The third-order valence-electron chi connectivity index (χ3n) is 7.87. The molecule has 0 saturated carbocycles. The van der Waals surface area contributed by atoms with Gasteiger partial charge in [-0.3, -0.25) is 38.4 Å². The van der Waals surface area contributed by atoms with Gasteiger partial charge in [-0.05, 0) is 0 Å². The minimum Gasteiger partial charge on any atom is -0.463 e. The van der Waals surface area contributed by atoms with Crippen molar-refractivity contribution >= 4 is 47.8 Å². The lowest BCUT2D eigenvalue weighted by atomic mass is 9.90. The summed E-state index contributed by atoms with van der Waals surface area (Å²) in [6.07, 6.45) is -14.9. The Morgan fingerprint density at radius 1 is 0.436 bits per heavy atom. The summed E-state index contributed by atoms with van der Waals surface area (Å²) in [6.45, 7) is 6.15. The second-order valence-corrected chi connectivity index (χ2v) is 12.7. The molecule has 0 aromatic heterocycles. The first-order chi connectivity index (χ1) is 25.7. The van der Waals surface area contributed by atoms with E-state index < -0.39 is 141 Å². The smallest absolute Gasteiger partial charge is 0.303 e. The average Bonchev–Trinajstić information content (AvgIpc) is 3.06. The molecule has 0 unspecified atom stereocenters. The molecule has 4 N–H and O–H groups in total. The number of nitrogens with two attached hydrogens (primary N) is 2. The summed E-state index contributed by atoms with van der Waals surface area (Å²) >= 11 is 0. The molecular formula is C33H50N2O20. The Kier molecular flexibility index (Phi) is 18.3. The quantitative estimate of drug-likeness (QED) is 0.113. The first kappa shape index (κ1) is 46.7. The van der Waals surface area contributed by atoms with Crippen LogP contribution in [0.25, 0.3) is 0 Å². The molecule has 10 atom stereocenters. The van der Waals surface area contributed by atoms with E-state index in [9.17, 15) is 38.4 Å². The van der Waals surface area contributed by atoms with Crippen molar-refractivity contribution in [2.24, 2.45) is 16.9 Å². The van der Waals surface area contributed by atoms with Crippen molar-refractivity contribution in [2.75, 3.05) is 39.5 Å². The van der Waals surface area contributed by atoms with E-state index in [2.05, 4.69) is 0 Å². The fraction of sp³-hybridized carbons (Fsp3) is 0.758. The Morgan fingerprint density at radius 2 is 0.709 bits per heavy atom. The van der Waals surface area contributed by atoms with Crippen molar-refractivity contribution in [3.05, 3.63) is 0 Å². The molecular weight excluding hydrogens is 744 g/mol. The van der Waals surface area contributed by atoms with Gasteiger partial charge in [0.2, 0.25) is 0 Å². The van der Waals surface area contributed by atoms with Crippen molar-refractivity contribution < 1.29 is 95.2 Å². The highest BCUT2D eigenvalue weighted by Gasteiger charge is 2.55. The summed E-state index contributed by atoms with van der Waals surface area (Å²) in [5.74, 6) is -6.55. The van der Waals surface area contributed by atoms with E-state index >= 15 is 0 Å². The van der Waals surface area contributed by atoms with Crippen LogP contribution < -0.4 is 11.5 Å². The minimum atomic E-state index is -1.59. The molecule has 0 aromatic rings. The van der Waals surface area contributed by atoms with Gasteiger partial charge in [0.25, 0.3) is 0 Å². The summed E-state index contributed by atoms with van der Waals surface area (Å²) in [5.41, 5.74) is 11.0. The van der Waals surface area contributed by atoms with Gasteiger partial charge < -0.3 is 68.3 Å². The maximum absolute atomic E-state index is 12.3. The second-order valence-electron chi connectivity index (χ2n) is 12.7. The average molecular weight is 795 g/mol. The maximum Gasteiger partial charge on any atom is 0.303 e. The van der Waals surface area contributed by atoms with Gasteiger partial charge >= 0.3 is 47.8 Å². The molecule has 2 rings (SSSR count). The Labute approximate surface area is 316 Å². The largest absolute Gasteiger partial charge is 0.463 e. The molecule has 0 aliphatic carbocycles. The van der Waals surface area contributed by atoms with Crippen LogP contribution in [0.1, 0.15) is 55.4 Å². The summed E-state index contributed by atoms with van der Waals surface area (Å²) in [7, 11) is 0. The molecule has 2 fully saturated rings. The summed E-state index contributed by atoms with van der Waals surface area (Å²) < 4.78 is 66.8. The van der Waals surface area contributed by atoms with Gasteiger partial charge in [-0.1, -0.05) is 0 Å². The van der Waals surface area contributed by atoms with Crippen molar-refractivity contribution in [3.8, 4) is 0 Å². The maximum atomic E-state index is 12.3. The van der Waals surface area contributed by atoms with Crippen LogP contribution in [0.2, 0.25) is 0 Å². The molecule has 22 nitrogen and oxygen atoms in total. The highest BCUT2D eigenvalue weighted by Crippen LogP contribution is 2.33. The third kappa shape index (κ3) is 14.6. The zero-order valence-electron chi connectivity index (χ0n) is 31.8. The van der Waals surface area contributed by atoms with Crippen LogP contribution in [0.5, 0.6) is 0 Å². The SMILES string of the molecule is CC(=O)OC[C@H]1O[C@@H](OCC(CN)(CN)CO[C@@H]2O[C@H](COC(C)=O)[C@@H](OC(C)=O)[C@H](OC(C)=O)[C@H]2OC(C)=O)[C@H](OC(C)=O)[C@@H](OC(C)=O)[C@@H]1OC(C)=O. The highest BCUT2D eigenvalue weighted by molar-refractivity contribution is 5.70. The first-order valence-corrected chi connectivity index (χ1v) is 17.0. The van der Waals surface area contributed by atoms with Crippen LogP contribution >= 0.6 is 0 Å².